The van der Waals surface area contributed by atoms with Gasteiger partial charge in [0.25, 0.3) is 5.56 Å². The van der Waals surface area contributed by atoms with Crippen molar-refractivity contribution in [3.8, 4) is 0 Å². The molecule has 0 spiro atoms. The molecule has 0 bridgehead atoms. The predicted molar refractivity (Wildman–Crippen MR) is 116 cm³/mol. The molecule has 1 unspecified atom stereocenters. The van der Waals surface area contributed by atoms with E-state index in [4.69, 9.17) is 4.98 Å². The summed E-state index contributed by atoms with van der Waals surface area (Å²) in [6.07, 6.45) is 2.67. The summed E-state index contributed by atoms with van der Waals surface area (Å²) in [6.45, 7) is 12.0. The maximum Gasteiger partial charge on any atom is 0.263 e. The first kappa shape index (κ1) is 19.6. The Morgan fingerprint density at radius 1 is 1.17 bits per heavy atom. The zero-order valence-electron chi connectivity index (χ0n) is 17.7. The second-order valence-electron chi connectivity index (χ2n) is 8.82. The molecule has 1 atom stereocenters. The van der Waals surface area contributed by atoms with Crippen LogP contribution < -0.4 is 10.5 Å². The topological polar surface area (TPSA) is 70.0 Å². The van der Waals surface area contributed by atoms with Crippen molar-refractivity contribution in [2.45, 2.75) is 52.2 Å². The lowest BCUT2D eigenvalue weighted by molar-refractivity contribution is 0.163. The normalized spacial score (nSPS) is 18.5. The van der Waals surface area contributed by atoms with Gasteiger partial charge >= 0.3 is 0 Å². The number of H-pyrrole nitrogens is 1. The molecule has 29 heavy (non-hydrogen) atoms. The van der Waals surface area contributed by atoms with Crippen molar-refractivity contribution in [1.29, 1.82) is 0 Å². The minimum absolute atomic E-state index is 0.125. The summed E-state index contributed by atoms with van der Waals surface area (Å²) in [6, 6.07) is 11.0. The van der Waals surface area contributed by atoms with E-state index in [0.29, 0.717) is 23.0 Å². The zero-order chi connectivity index (χ0) is 20.6. The molecule has 1 saturated heterocycles. The SMILES string of the molecule is CCC1CN(c2nc3c(cnn3C(C)(C)C)c(=O)[nH]2)CCN1Cc1ccccc1. The summed E-state index contributed by atoms with van der Waals surface area (Å²) in [4.78, 5) is 25.2. The van der Waals surface area contributed by atoms with Gasteiger partial charge < -0.3 is 4.90 Å². The van der Waals surface area contributed by atoms with E-state index >= 15 is 0 Å². The Balaban J connectivity index is 1.59. The van der Waals surface area contributed by atoms with Gasteiger partial charge in [0, 0.05) is 32.2 Å². The molecule has 7 heteroatoms. The molecule has 0 saturated carbocycles. The highest BCUT2D eigenvalue weighted by molar-refractivity contribution is 5.74. The van der Waals surface area contributed by atoms with Gasteiger partial charge in [-0.15, -0.1) is 0 Å². The third-order valence-corrected chi connectivity index (χ3v) is 5.66. The van der Waals surface area contributed by atoms with Gasteiger partial charge in [0.15, 0.2) is 5.65 Å². The standard InChI is InChI=1S/C22H30N6O/c1-5-17-15-27(12-11-26(17)14-16-9-7-6-8-10-16)21-24-19-18(20(29)25-21)13-23-28(19)22(2,3)4/h6-10,13,17H,5,11-12,14-15H2,1-4H3,(H,24,25,29). The summed E-state index contributed by atoms with van der Waals surface area (Å²) < 4.78 is 1.84. The number of aromatic nitrogens is 4. The molecular formula is C22H30N6O. The summed E-state index contributed by atoms with van der Waals surface area (Å²) >= 11 is 0. The molecule has 3 aromatic rings. The maximum atomic E-state index is 12.7. The van der Waals surface area contributed by atoms with Crippen LogP contribution >= 0.6 is 0 Å². The van der Waals surface area contributed by atoms with Crippen LogP contribution in [0.2, 0.25) is 0 Å². The fourth-order valence-electron chi connectivity index (χ4n) is 4.05. The molecule has 0 amide bonds. The zero-order valence-corrected chi connectivity index (χ0v) is 17.7. The van der Waals surface area contributed by atoms with Crippen LogP contribution in [0.3, 0.4) is 0 Å². The van der Waals surface area contributed by atoms with Gasteiger partial charge in [-0.25, -0.2) is 4.68 Å². The highest BCUT2D eigenvalue weighted by Crippen LogP contribution is 2.22. The van der Waals surface area contributed by atoms with Gasteiger partial charge in [-0.2, -0.15) is 10.1 Å². The van der Waals surface area contributed by atoms with Crippen LogP contribution in [0.25, 0.3) is 11.0 Å². The van der Waals surface area contributed by atoms with Crippen molar-refractivity contribution >= 4 is 17.0 Å². The Labute approximate surface area is 171 Å². The lowest BCUT2D eigenvalue weighted by atomic mass is 10.1. The van der Waals surface area contributed by atoms with Crippen LogP contribution in [0.4, 0.5) is 5.95 Å². The number of nitrogens with one attached hydrogen (secondary N) is 1. The molecule has 1 aliphatic rings. The molecular weight excluding hydrogens is 364 g/mol. The van der Waals surface area contributed by atoms with Gasteiger partial charge in [-0.3, -0.25) is 14.7 Å². The smallest absolute Gasteiger partial charge is 0.263 e. The second kappa shape index (κ2) is 7.63. The van der Waals surface area contributed by atoms with Gasteiger partial charge in [-0.1, -0.05) is 37.3 Å². The first-order valence-electron chi connectivity index (χ1n) is 10.4. The number of hydrogen-bond donors (Lipinski definition) is 1. The highest BCUT2D eigenvalue weighted by atomic mass is 16.1. The monoisotopic (exact) mass is 394 g/mol. The Hall–Kier alpha value is -2.67. The van der Waals surface area contributed by atoms with E-state index < -0.39 is 0 Å². The molecule has 0 radical (unpaired) electrons. The molecule has 7 nitrogen and oxygen atoms in total. The first-order chi connectivity index (χ1) is 13.9. The van der Waals surface area contributed by atoms with Crippen molar-refractivity contribution in [2.75, 3.05) is 24.5 Å². The Bertz CT molecular complexity index is 1030. The minimum Gasteiger partial charge on any atom is -0.339 e. The molecule has 154 valence electrons. The van der Waals surface area contributed by atoms with E-state index in [1.807, 2.05) is 4.68 Å². The summed E-state index contributed by atoms with van der Waals surface area (Å²) in [5.41, 5.74) is 1.62. The van der Waals surface area contributed by atoms with Gasteiger partial charge in [0.1, 0.15) is 5.39 Å². The average Bonchev–Trinajstić information content (AvgIpc) is 3.14. The molecule has 0 aliphatic carbocycles. The second-order valence-corrected chi connectivity index (χ2v) is 8.82. The largest absolute Gasteiger partial charge is 0.339 e. The maximum absolute atomic E-state index is 12.7. The van der Waals surface area contributed by atoms with Crippen molar-refractivity contribution < 1.29 is 0 Å². The van der Waals surface area contributed by atoms with E-state index in [1.54, 1.807) is 6.20 Å². The predicted octanol–water partition coefficient (Wildman–Crippen LogP) is 2.98. The van der Waals surface area contributed by atoms with Crippen LogP contribution in [-0.4, -0.2) is 50.3 Å². The summed E-state index contributed by atoms with van der Waals surface area (Å²) in [5.74, 6) is 0.645. The lowest BCUT2D eigenvalue weighted by Gasteiger charge is -2.41. The van der Waals surface area contributed by atoms with Crippen molar-refractivity contribution in [2.24, 2.45) is 0 Å². The molecule has 1 aliphatic heterocycles. The number of fused-ring (bicyclic) bond motifs is 1. The number of anilines is 1. The van der Waals surface area contributed by atoms with E-state index in [1.165, 1.54) is 5.56 Å². The van der Waals surface area contributed by atoms with Gasteiger partial charge in [-0.05, 0) is 32.8 Å². The summed E-state index contributed by atoms with van der Waals surface area (Å²) in [5, 5.41) is 4.95. The molecule has 1 N–H and O–H groups in total. The van der Waals surface area contributed by atoms with E-state index in [-0.39, 0.29) is 11.1 Å². The molecule has 4 rings (SSSR count). The highest BCUT2D eigenvalue weighted by Gasteiger charge is 2.28. The Morgan fingerprint density at radius 3 is 2.62 bits per heavy atom. The van der Waals surface area contributed by atoms with Crippen molar-refractivity contribution in [1.82, 2.24) is 24.6 Å². The van der Waals surface area contributed by atoms with Crippen LogP contribution in [-0.2, 0) is 12.1 Å². The van der Waals surface area contributed by atoms with Crippen LogP contribution in [0.15, 0.2) is 41.3 Å². The number of benzene rings is 1. The molecule has 1 fully saturated rings. The quantitative estimate of drug-likeness (QED) is 0.737. The van der Waals surface area contributed by atoms with Gasteiger partial charge in [0.2, 0.25) is 5.95 Å². The number of nitrogens with zero attached hydrogens (tertiary/aromatic N) is 5. The minimum atomic E-state index is -0.236. The third-order valence-electron chi connectivity index (χ3n) is 5.66. The van der Waals surface area contributed by atoms with Crippen molar-refractivity contribution in [3.63, 3.8) is 0 Å². The molecule has 1 aromatic carbocycles. The van der Waals surface area contributed by atoms with Gasteiger partial charge in [0.05, 0.1) is 11.7 Å². The average molecular weight is 395 g/mol. The van der Waals surface area contributed by atoms with E-state index in [2.05, 4.69) is 77.9 Å². The van der Waals surface area contributed by atoms with Crippen molar-refractivity contribution in [3.05, 3.63) is 52.4 Å². The number of hydrogen-bond acceptors (Lipinski definition) is 5. The molecule has 3 heterocycles. The fraction of sp³-hybridized carbons (Fsp3) is 0.500. The lowest BCUT2D eigenvalue weighted by Crippen LogP contribution is -2.53. The van der Waals surface area contributed by atoms with E-state index in [0.717, 1.165) is 32.6 Å². The Kier molecular flexibility index (Phi) is 5.17. The third kappa shape index (κ3) is 3.92. The van der Waals surface area contributed by atoms with Crippen LogP contribution in [0.1, 0.15) is 39.7 Å². The Morgan fingerprint density at radius 2 is 1.93 bits per heavy atom. The number of aromatic amines is 1. The first-order valence-corrected chi connectivity index (χ1v) is 10.4. The van der Waals surface area contributed by atoms with E-state index in [9.17, 15) is 4.79 Å². The number of rotatable bonds is 4. The number of piperazine rings is 1. The summed E-state index contributed by atoms with van der Waals surface area (Å²) in [7, 11) is 0. The van der Waals surface area contributed by atoms with Crippen LogP contribution in [0.5, 0.6) is 0 Å². The molecule has 2 aromatic heterocycles. The van der Waals surface area contributed by atoms with Crippen LogP contribution in [0, 0.1) is 0 Å². The fourth-order valence-corrected chi connectivity index (χ4v) is 4.05.